The van der Waals surface area contributed by atoms with Crippen molar-refractivity contribution in [2.45, 2.75) is 25.1 Å². The van der Waals surface area contributed by atoms with Gasteiger partial charge in [-0.05, 0) is 38.6 Å². The molecule has 2 rings (SSSR count). The van der Waals surface area contributed by atoms with E-state index >= 15 is 0 Å². The summed E-state index contributed by atoms with van der Waals surface area (Å²) in [6.45, 7) is 5.68. The molecule has 0 aliphatic rings. The smallest absolute Gasteiger partial charge is 0.252 e. The lowest BCUT2D eigenvalue weighted by molar-refractivity contribution is 0.986. The van der Waals surface area contributed by atoms with Crippen molar-refractivity contribution in [3.8, 4) is 0 Å². The van der Waals surface area contributed by atoms with Gasteiger partial charge < -0.3 is 5.73 Å². The first-order valence-corrected chi connectivity index (χ1v) is 6.80. The SMILES string of the molecule is Cc1cc(C)nc(N=C(N)Sc2nnc(C)s2)n1.Cl. The average molecular weight is 317 g/mol. The third-order valence-electron chi connectivity index (χ3n) is 1.88. The number of thioether (sulfide) groups is 1. The largest absolute Gasteiger partial charge is 0.378 e. The molecule has 0 aliphatic carbocycles. The Labute approximate surface area is 125 Å². The van der Waals surface area contributed by atoms with Gasteiger partial charge in [0.25, 0.3) is 5.95 Å². The van der Waals surface area contributed by atoms with Crippen LogP contribution in [0.1, 0.15) is 16.4 Å². The third kappa shape index (κ3) is 4.73. The zero-order valence-corrected chi connectivity index (χ0v) is 13.1. The monoisotopic (exact) mass is 316 g/mol. The summed E-state index contributed by atoms with van der Waals surface area (Å²) < 4.78 is 0.762. The fraction of sp³-hybridized carbons (Fsp3) is 0.300. The second-order valence-electron chi connectivity index (χ2n) is 3.59. The molecule has 0 radical (unpaired) electrons. The van der Waals surface area contributed by atoms with E-state index in [-0.39, 0.29) is 12.4 Å². The Morgan fingerprint density at radius 3 is 2.37 bits per heavy atom. The van der Waals surface area contributed by atoms with Gasteiger partial charge in [-0.2, -0.15) is 4.99 Å². The number of aryl methyl sites for hydroxylation is 3. The summed E-state index contributed by atoms with van der Waals surface area (Å²) in [4.78, 5) is 12.6. The maximum absolute atomic E-state index is 5.82. The Kier molecular flexibility index (Phi) is 5.64. The van der Waals surface area contributed by atoms with E-state index in [2.05, 4.69) is 25.2 Å². The van der Waals surface area contributed by atoms with Gasteiger partial charge in [0.2, 0.25) is 0 Å². The van der Waals surface area contributed by atoms with Crippen LogP contribution in [0.4, 0.5) is 5.95 Å². The standard InChI is InChI=1S/C10H12N6S2.ClH/c1-5-4-6(2)13-9(12-5)14-8(11)18-10-16-15-7(3)17-10;/h4H,1-3H3,(H2,11,12,13,14);1H. The van der Waals surface area contributed by atoms with E-state index < -0.39 is 0 Å². The Hall–Kier alpha value is -1.25. The van der Waals surface area contributed by atoms with Crippen LogP contribution >= 0.6 is 35.5 Å². The minimum Gasteiger partial charge on any atom is -0.378 e. The van der Waals surface area contributed by atoms with Crippen LogP contribution in [0.5, 0.6) is 0 Å². The van der Waals surface area contributed by atoms with Crippen molar-refractivity contribution < 1.29 is 0 Å². The molecule has 9 heteroatoms. The summed E-state index contributed by atoms with van der Waals surface area (Å²) in [6, 6.07) is 1.89. The molecule has 0 bridgehead atoms. The quantitative estimate of drug-likeness (QED) is 0.520. The lowest BCUT2D eigenvalue weighted by atomic mass is 10.4. The van der Waals surface area contributed by atoms with Crippen molar-refractivity contribution in [1.82, 2.24) is 20.2 Å². The molecule has 0 aromatic carbocycles. The first-order valence-electron chi connectivity index (χ1n) is 5.17. The molecule has 0 saturated carbocycles. The number of aromatic nitrogens is 4. The van der Waals surface area contributed by atoms with Crippen molar-refractivity contribution in [2.75, 3.05) is 0 Å². The number of aliphatic imine (C=N–C) groups is 1. The van der Waals surface area contributed by atoms with E-state index in [9.17, 15) is 0 Å². The summed E-state index contributed by atoms with van der Waals surface area (Å²) in [5.74, 6) is 0.374. The highest BCUT2D eigenvalue weighted by Gasteiger charge is 2.05. The maximum Gasteiger partial charge on any atom is 0.252 e. The molecule has 6 nitrogen and oxygen atoms in total. The van der Waals surface area contributed by atoms with E-state index in [4.69, 9.17) is 5.73 Å². The van der Waals surface area contributed by atoms with Gasteiger partial charge in [0.1, 0.15) is 5.01 Å². The Balaban J connectivity index is 0.00000180. The van der Waals surface area contributed by atoms with Crippen LogP contribution in [0.2, 0.25) is 0 Å². The molecule has 19 heavy (non-hydrogen) atoms. The molecule has 102 valence electrons. The average Bonchev–Trinajstić information content (AvgIpc) is 2.61. The molecule has 0 atom stereocenters. The molecular formula is C10H13ClN6S2. The van der Waals surface area contributed by atoms with Crippen LogP contribution in [-0.4, -0.2) is 25.3 Å². The van der Waals surface area contributed by atoms with Gasteiger partial charge >= 0.3 is 0 Å². The van der Waals surface area contributed by atoms with Crippen molar-refractivity contribution in [3.05, 3.63) is 22.5 Å². The molecule has 2 aromatic rings. The first kappa shape index (κ1) is 15.8. The first-order chi connectivity index (χ1) is 8.52. The molecule has 0 unspecified atom stereocenters. The second-order valence-corrected chi connectivity index (χ2v) is 6.04. The predicted octanol–water partition coefficient (Wildman–Crippen LogP) is 2.41. The fourth-order valence-corrected chi connectivity index (χ4v) is 2.88. The topological polar surface area (TPSA) is 89.9 Å². The lowest BCUT2D eigenvalue weighted by Gasteiger charge is -1.99. The van der Waals surface area contributed by atoms with Gasteiger partial charge in [0.05, 0.1) is 0 Å². The van der Waals surface area contributed by atoms with Crippen molar-refractivity contribution >= 4 is 46.6 Å². The molecule has 2 heterocycles. The molecule has 0 fully saturated rings. The summed E-state index contributed by atoms with van der Waals surface area (Å²) in [6.07, 6.45) is 0. The summed E-state index contributed by atoms with van der Waals surface area (Å²) in [5, 5.41) is 9.13. The summed E-state index contributed by atoms with van der Waals surface area (Å²) in [7, 11) is 0. The molecule has 0 spiro atoms. The highest BCUT2D eigenvalue weighted by molar-refractivity contribution is 8.15. The molecule has 2 N–H and O–H groups in total. The Bertz CT molecular complexity index is 577. The number of amidine groups is 1. The van der Waals surface area contributed by atoms with E-state index in [1.54, 1.807) is 0 Å². The fourth-order valence-electron chi connectivity index (χ4n) is 1.29. The zero-order valence-electron chi connectivity index (χ0n) is 10.6. The number of nitrogens with zero attached hydrogens (tertiary/aromatic N) is 5. The second kappa shape index (κ2) is 6.78. The van der Waals surface area contributed by atoms with E-state index in [0.717, 1.165) is 20.7 Å². The Morgan fingerprint density at radius 2 is 1.84 bits per heavy atom. The Morgan fingerprint density at radius 1 is 1.21 bits per heavy atom. The van der Waals surface area contributed by atoms with Crippen LogP contribution in [-0.2, 0) is 0 Å². The van der Waals surface area contributed by atoms with Gasteiger partial charge in [-0.3, -0.25) is 0 Å². The number of halogens is 1. The van der Waals surface area contributed by atoms with Crippen LogP contribution < -0.4 is 5.73 Å². The number of hydrogen-bond acceptors (Lipinski definition) is 7. The van der Waals surface area contributed by atoms with Crippen LogP contribution in [0.3, 0.4) is 0 Å². The van der Waals surface area contributed by atoms with Crippen LogP contribution in [0.25, 0.3) is 0 Å². The van der Waals surface area contributed by atoms with E-state index in [1.807, 2.05) is 26.8 Å². The van der Waals surface area contributed by atoms with Crippen molar-refractivity contribution in [2.24, 2.45) is 10.7 Å². The zero-order chi connectivity index (χ0) is 13.1. The normalized spacial score (nSPS) is 11.2. The van der Waals surface area contributed by atoms with Gasteiger partial charge in [-0.1, -0.05) is 11.3 Å². The highest BCUT2D eigenvalue weighted by atomic mass is 35.5. The van der Waals surface area contributed by atoms with E-state index in [0.29, 0.717) is 11.1 Å². The number of hydrogen-bond donors (Lipinski definition) is 1. The third-order valence-corrected chi connectivity index (χ3v) is 3.57. The molecular weight excluding hydrogens is 304 g/mol. The van der Waals surface area contributed by atoms with E-state index in [1.165, 1.54) is 23.1 Å². The number of rotatable bonds is 2. The van der Waals surface area contributed by atoms with Crippen LogP contribution in [0.15, 0.2) is 15.4 Å². The summed E-state index contributed by atoms with van der Waals surface area (Å²) in [5.41, 5.74) is 7.55. The van der Waals surface area contributed by atoms with Gasteiger partial charge in [-0.15, -0.1) is 22.6 Å². The minimum atomic E-state index is 0. The molecule has 0 amide bonds. The molecule has 0 saturated heterocycles. The van der Waals surface area contributed by atoms with Gasteiger partial charge in [-0.25, -0.2) is 9.97 Å². The minimum absolute atomic E-state index is 0. The van der Waals surface area contributed by atoms with Gasteiger partial charge in [0.15, 0.2) is 9.51 Å². The van der Waals surface area contributed by atoms with Crippen molar-refractivity contribution in [3.63, 3.8) is 0 Å². The predicted molar refractivity (Wildman–Crippen MR) is 80.5 cm³/mol. The highest BCUT2D eigenvalue weighted by Crippen LogP contribution is 2.22. The summed E-state index contributed by atoms with van der Waals surface area (Å²) >= 11 is 2.74. The van der Waals surface area contributed by atoms with Crippen molar-refractivity contribution in [1.29, 1.82) is 0 Å². The van der Waals surface area contributed by atoms with Gasteiger partial charge in [0, 0.05) is 11.4 Å². The number of nitrogens with two attached hydrogens (primary N) is 1. The van der Waals surface area contributed by atoms with Crippen LogP contribution in [0, 0.1) is 20.8 Å². The molecule has 2 aromatic heterocycles. The maximum atomic E-state index is 5.82. The molecule has 0 aliphatic heterocycles. The lowest BCUT2D eigenvalue weighted by Crippen LogP contribution is -2.06.